The molecule has 0 aliphatic carbocycles. The first-order valence-corrected chi connectivity index (χ1v) is 12.1. The van der Waals surface area contributed by atoms with E-state index in [1.165, 1.54) is 0 Å². The van der Waals surface area contributed by atoms with Gasteiger partial charge in [0.1, 0.15) is 11.5 Å². The van der Waals surface area contributed by atoms with Crippen LogP contribution in [-0.4, -0.2) is 54.7 Å². The molecule has 0 bridgehead atoms. The van der Waals surface area contributed by atoms with E-state index in [0.717, 1.165) is 53.0 Å². The first-order chi connectivity index (χ1) is 16.0. The van der Waals surface area contributed by atoms with Gasteiger partial charge in [-0.1, -0.05) is 0 Å². The van der Waals surface area contributed by atoms with E-state index in [0.29, 0.717) is 23.5 Å². The number of amides is 1. The van der Waals surface area contributed by atoms with Gasteiger partial charge < -0.3 is 10.2 Å². The topological polar surface area (TPSA) is 88.8 Å². The molecule has 1 fully saturated rings. The minimum atomic E-state index is -0.231. The highest BCUT2D eigenvalue weighted by Crippen LogP contribution is 2.31. The summed E-state index contributed by atoms with van der Waals surface area (Å²) in [4.78, 5) is 28.9. The minimum absolute atomic E-state index is 0.231. The van der Waals surface area contributed by atoms with Crippen LogP contribution in [0.4, 0.5) is 5.82 Å². The Morgan fingerprint density at radius 2 is 1.91 bits per heavy atom. The van der Waals surface area contributed by atoms with E-state index in [9.17, 15) is 4.79 Å². The van der Waals surface area contributed by atoms with E-state index in [1.807, 2.05) is 30.8 Å². The van der Waals surface area contributed by atoms with Crippen molar-refractivity contribution in [1.29, 1.82) is 0 Å². The number of carbonyl (C=O) groups is 1. The molecule has 0 radical (unpaired) electrons. The summed E-state index contributed by atoms with van der Waals surface area (Å²) in [5, 5.41) is 11.9. The number of piperidine rings is 1. The molecule has 1 aliphatic rings. The maximum atomic E-state index is 12.8. The van der Waals surface area contributed by atoms with Gasteiger partial charge in [0.2, 0.25) is 0 Å². The number of fused-ring (bicyclic) bond motifs is 1. The van der Waals surface area contributed by atoms with Crippen molar-refractivity contribution in [2.75, 3.05) is 18.4 Å². The van der Waals surface area contributed by atoms with Crippen molar-refractivity contribution in [3.63, 3.8) is 0 Å². The van der Waals surface area contributed by atoms with Gasteiger partial charge in [0.15, 0.2) is 0 Å². The van der Waals surface area contributed by atoms with Crippen LogP contribution < -0.4 is 5.32 Å². The largest absolute Gasteiger partial charge is 0.305 e. The predicted molar refractivity (Wildman–Crippen MR) is 130 cm³/mol. The van der Waals surface area contributed by atoms with Crippen molar-refractivity contribution in [3.8, 4) is 11.3 Å². The van der Waals surface area contributed by atoms with Gasteiger partial charge in [0.05, 0.1) is 16.9 Å². The van der Waals surface area contributed by atoms with Crippen molar-refractivity contribution >= 4 is 33.8 Å². The summed E-state index contributed by atoms with van der Waals surface area (Å²) in [7, 11) is 1.88. The smallest absolute Gasteiger partial charge is 0.276 e. The zero-order chi connectivity index (χ0) is 22.9. The highest BCUT2D eigenvalue weighted by Gasteiger charge is 2.25. The first-order valence-electron chi connectivity index (χ1n) is 11.2. The highest BCUT2D eigenvalue weighted by molar-refractivity contribution is 7.10. The normalized spacial score (nSPS) is 15.4. The molecule has 9 heteroatoms. The number of hydrogen-bond donors (Lipinski definition) is 1. The highest BCUT2D eigenvalue weighted by atomic mass is 32.1. The summed E-state index contributed by atoms with van der Waals surface area (Å²) in [6.07, 6.45) is 9.39. The number of anilines is 1. The van der Waals surface area contributed by atoms with Gasteiger partial charge >= 0.3 is 0 Å². The maximum Gasteiger partial charge on any atom is 0.276 e. The monoisotopic (exact) mass is 461 g/mol. The van der Waals surface area contributed by atoms with Gasteiger partial charge in [-0.05, 0) is 57.3 Å². The van der Waals surface area contributed by atoms with Crippen LogP contribution in [0.3, 0.4) is 0 Å². The molecule has 0 unspecified atom stereocenters. The van der Waals surface area contributed by atoms with Crippen molar-refractivity contribution in [2.45, 2.75) is 38.6 Å². The number of aromatic nitrogens is 5. The second-order valence-corrected chi connectivity index (χ2v) is 9.71. The van der Waals surface area contributed by atoms with E-state index < -0.39 is 0 Å². The molecule has 1 amide bonds. The second kappa shape index (κ2) is 8.99. The van der Waals surface area contributed by atoms with Gasteiger partial charge in [-0.2, -0.15) is 5.10 Å². The fourth-order valence-corrected chi connectivity index (χ4v) is 5.21. The van der Waals surface area contributed by atoms with Crippen LogP contribution in [0.25, 0.3) is 22.0 Å². The maximum absolute atomic E-state index is 12.8. The number of nitrogens with one attached hydrogen (secondary N) is 1. The summed E-state index contributed by atoms with van der Waals surface area (Å²) in [6.45, 7) is 6.65. The lowest BCUT2D eigenvalue weighted by atomic mass is 9.97. The second-order valence-electron chi connectivity index (χ2n) is 8.82. The third-order valence-corrected chi connectivity index (χ3v) is 7.22. The number of hydrogen-bond acceptors (Lipinski definition) is 7. The Hall–Kier alpha value is -3.17. The summed E-state index contributed by atoms with van der Waals surface area (Å²) in [5.41, 5.74) is 2.22. The van der Waals surface area contributed by atoms with Gasteiger partial charge in [0, 0.05) is 53.9 Å². The molecule has 0 spiro atoms. The molecular formula is C24H27N7OS. The molecule has 0 saturated carbocycles. The van der Waals surface area contributed by atoms with Crippen LogP contribution in [0.5, 0.6) is 0 Å². The number of likely N-dealkylation sites (tertiary alicyclic amines) is 1. The lowest BCUT2D eigenvalue weighted by molar-refractivity contribution is 0.102. The van der Waals surface area contributed by atoms with Gasteiger partial charge in [-0.25, -0.2) is 9.97 Å². The molecule has 8 nitrogen and oxygen atoms in total. The first kappa shape index (κ1) is 21.7. The molecule has 1 aliphatic heterocycles. The van der Waals surface area contributed by atoms with E-state index in [2.05, 4.69) is 44.1 Å². The fraction of sp³-hybridized carbons (Fsp3) is 0.375. The third-order valence-electron chi connectivity index (χ3n) is 6.21. The minimum Gasteiger partial charge on any atom is -0.305 e. The Kier molecular flexibility index (Phi) is 5.90. The molecule has 4 aromatic rings. The molecular weight excluding hydrogens is 434 g/mol. The Balaban J connectivity index is 1.29. The zero-order valence-corrected chi connectivity index (χ0v) is 19.8. The molecule has 0 aromatic carbocycles. The Morgan fingerprint density at radius 1 is 1.12 bits per heavy atom. The van der Waals surface area contributed by atoms with E-state index in [1.54, 1.807) is 34.6 Å². The average molecular weight is 462 g/mol. The van der Waals surface area contributed by atoms with Crippen molar-refractivity contribution in [3.05, 3.63) is 53.0 Å². The number of nitrogens with zero attached hydrogens (tertiary/aromatic N) is 6. The van der Waals surface area contributed by atoms with Gasteiger partial charge in [0.25, 0.3) is 5.91 Å². The number of carbonyl (C=O) groups excluding carboxylic acids is 1. The van der Waals surface area contributed by atoms with Crippen molar-refractivity contribution in [2.24, 2.45) is 7.05 Å². The summed E-state index contributed by atoms with van der Waals surface area (Å²) in [6, 6.07) is 4.42. The summed E-state index contributed by atoms with van der Waals surface area (Å²) >= 11 is 1.58. The standard InChI is InChI=1S/C24H27N7OS/c1-15(2)31-6-4-16(5-7-31)24-28-21(14-33-24)23(32)29-22-9-17-8-20(19-12-27-30(3)13-19)25-10-18(17)11-26-22/h8-16H,4-7H2,1-3H3,(H,26,29,32). The Labute approximate surface area is 196 Å². The fourth-order valence-electron chi connectivity index (χ4n) is 4.24. The van der Waals surface area contributed by atoms with E-state index in [4.69, 9.17) is 0 Å². The molecule has 0 atom stereocenters. The number of aryl methyl sites for hydroxylation is 1. The van der Waals surface area contributed by atoms with E-state index >= 15 is 0 Å². The van der Waals surface area contributed by atoms with Crippen molar-refractivity contribution in [1.82, 2.24) is 29.6 Å². The van der Waals surface area contributed by atoms with Crippen LogP contribution in [-0.2, 0) is 7.05 Å². The summed E-state index contributed by atoms with van der Waals surface area (Å²) < 4.78 is 1.75. The van der Waals surface area contributed by atoms with Crippen LogP contribution in [0.15, 0.2) is 42.3 Å². The number of thiazole rings is 1. The lowest BCUT2D eigenvalue weighted by Crippen LogP contribution is -2.37. The molecule has 1 N–H and O–H groups in total. The third kappa shape index (κ3) is 4.65. The van der Waals surface area contributed by atoms with Crippen LogP contribution in [0, 0.1) is 0 Å². The quantitative estimate of drug-likeness (QED) is 0.476. The molecule has 33 heavy (non-hydrogen) atoms. The molecule has 5 heterocycles. The average Bonchev–Trinajstić information content (AvgIpc) is 3.48. The van der Waals surface area contributed by atoms with E-state index in [-0.39, 0.29) is 5.91 Å². The summed E-state index contributed by atoms with van der Waals surface area (Å²) in [5.74, 6) is 0.699. The number of rotatable bonds is 5. The van der Waals surface area contributed by atoms with Gasteiger partial charge in [-0.15, -0.1) is 11.3 Å². The Morgan fingerprint density at radius 3 is 2.64 bits per heavy atom. The van der Waals surface area contributed by atoms with Gasteiger partial charge in [-0.3, -0.25) is 14.5 Å². The molecule has 170 valence electrons. The molecule has 1 saturated heterocycles. The van der Waals surface area contributed by atoms with Crippen LogP contribution in [0.1, 0.15) is 48.1 Å². The number of pyridine rings is 2. The SMILES string of the molecule is CC(C)N1CCC(c2nc(C(=O)Nc3cc4cc(-c5cnn(C)c5)ncc4cn3)cs2)CC1. The van der Waals surface area contributed by atoms with Crippen LogP contribution >= 0.6 is 11.3 Å². The molecule has 5 rings (SSSR count). The lowest BCUT2D eigenvalue weighted by Gasteiger charge is -2.33. The predicted octanol–water partition coefficient (Wildman–Crippen LogP) is 4.33. The Bertz CT molecular complexity index is 1290. The van der Waals surface area contributed by atoms with Crippen molar-refractivity contribution < 1.29 is 4.79 Å². The van der Waals surface area contributed by atoms with Crippen LogP contribution in [0.2, 0.25) is 0 Å². The molecule has 4 aromatic heterocycles. The zero-order valence-electron chi connectivity index (χ0n) is 19.0.